The van der Waals surface area contributed by atoms with Gasteiger partial charge in [0.05, 0.1) is 13.5 Å². The quantitative estimate of drug-likeness (QED) is 0.789. The number of benzene rings is 1. The lowest BCUT2D eigenvalue weighted by atomic mass is 10.1. The van der Waals surface area contributed by atoms with Crippen molar-refractivity contribution in [2.45, 2.75) is 6.42 Å². The summed E-state index contributed by atoms with van der Waals surface area (Å²) >= 11 is 0. The molecule has 0 aromatic heterocycles. The SMILES string of the molecule is COc1c(CC(=O)O)cc(F)c(F)c1F. The normalized spacial score (nSPS) is 10.1. The Morgan fingerprint density at radius 2 is 2.00 bits per heavy atom. The van der Waals surface area contributed by atoms with Crippen LogP contribution < -0.4 is 4.74 Å². The summed E-state index contributed by atoms with van der Waals surface area (Å²) in [6, 6.07) is 0.603. The van der Waals surface area contributed by atoms with Crippen LogP contribution in [0.2, 0.25) is 0 Å². The average molecular weight is 220 g/mol. The van der Waals surface area contributed by atoms with Gasteiger partial charge >= 0.3 is 5.97 Å². The fraction of sp³-hybridized carbons (Fsp3) is 0.222. The topological polar surface area (TPSA) is 46.5 Å². The first kappa shape index (κ1) is 11.4. The van der Waals surface area contributed by atoms with E-state index in [9.17, 15) is 18.0 Å². The van der Waals surface area contributed by atoms with Gasteiger partial charge in [0.1, 0.15) is 0 Å². The van der Waals surface area contributed by atoms with Crippen molar-refractivity contribution in [3.8, 4) is 5.75 Å². The molecule has 0 saturated heterocycles. The number of carbonyl (C=O) groups is 1. The third-order valence-electron chi connectivity index (χ3n) is 1.74. The predicted octanol–water partition coefficient (Wildman–Crippen LogP) is 1.74. The number of carboxylic acid groups (broad SMARTS) is 1. The van der Waals surface area contributed by atoms with E-state index in [4.69, 9.17) is 5.11 Å². The lowest BCUT2D eigenvalue weighted by Gasteiger charge is -2.08. The molecule has 0 fully saturated rings. The zero-order chi connectivity index (χ0) is 11.6. The second kappa shape index (κ2) is 4.20. The van der Waals surface area contributed by atoms with Crippen molar-refractivity contribution in [1.82, 2.24) is 0 Å². The summed E-state index contributed by atoms with van der Waals surface area (Å²) in [4.78, 5) is 10.4. The summed E-state index contributed by atoms with van der Waals surface area (Å²) in [5, 5.41) is 8.44. The molecule has 6 heteroatoms. The van der Waals surface area contributed by atoms with Gasteiger partial charge in [0.25, 0.3) is 0 Å². The number of carboxylic acids is 1. The molecule has 1 rings (SSSR count). The van der Waals surface area contributed by atoms with Crippen LogP contribution in [0.4, 0.5) is 13.2 Å². The first-order chi connectivity index (χ1) is 6.97. The Morgan fingerprint density at radius 1 is 1.40 bits per heavy atom. The van der Waals surface area contributed by atoms with Gasteiger partial charge in [-0.15, -0.1) is 0 Å². The van der Waals surface area contributed by atoms with Gasteiger partial charge < -0.3 is 9.84 Å². The number of ether oxygens (including phenoxy) is 1. The van der Waals surface area contributed by atoms with Gasteiger partial charge in [-0.1, -0.05) is 0 Å². The van der Waals surface area contributed by atoms with Crippen molar-refractivity contribution in [2.24, 2.45) is 0 Å². The Bertz CT molecular complexity index is 404. The smallest absolute Gasteiger partial charge is 0.307 e. The predicted molar refractivity (Wildman–Crippen MR) is 44.2 cm³/mol. The zero-order valence-electron chi connectivity index (χ0n) is 7.68. The molecule has 0 radical (unpaired) electrons. The number of rotatable bonds is 3. The Kier molecular flexibility index (Phi) is 3.18. The van der Waals surface area contributed by atoms with Crippen LogP contribution in [-0.2, 0) is 11.2 Å². The molecule has 0 aliphatic carbocycles. The van der Waals surface area contributed by atoms with Gasteiger partial charge in [0, 0.05) is 5.56 Å². The highest BCUT2D eigenvalue weighted by Crippen LogP contribution is 2.27. The van der Waals surface area contributed by atoms with Crippen LogP contribution in [-0.4, -0.2) is 18.2 Å². The molecule has 1 aromatic carbocycles. The van der Waals surface area contributed by atoms with E-state index in [2.05, 4.69) is 4.74 Å². The molecule has 0 atom stereocenters. The molecule has 0 amide bonds. The van der Waals surface area contributed by atoms with E-state index in [-0.39, 0.29) is 5.56 Å². The van der Waals surface area contributed by atoms with E-state index < -0.39 is 35.6 Å². The molecule has 1 aromatic rings. The van der Waals surface area contributed by atoms with Crippen molar-refractivity contribution in [3.05, 3.63) is 29.1 Å². The summed E-state index contributed by atoms with van der Waals surface area (Å²) in [6.07, 6.45) is -0.642. The first-order valence-corrected chi connectivity index (χ1v) is 3.89. The Hall–Kier alpha value is -1.72. The van der Waals surface area contributed by atoms with Gasteiger partial charge in [0.15, 0.2) is 17.4 Å². The van der Waals surface area contributed by atoms with Gasteiger partial charge in [-0.05, 0) is 6.07 Å². The lowest BCUT2D eigenvalue weighted by Crippen LogP contribution is -2.06. The summed E-state index contributed by atoms with van der Waals surface area (Å²) < 4.78 is 43.0. The van der Waals surface area contributed by atoms with E-state index in [1.165, 1.54) is 0 Å². The third-order valence-corrected chi connectivity index (χ3v) is 1.74. The molecular formula is C9H7F3O3. The average Bonchev–Trinajstić information content (AvgIpc) is 2.14. The maximum atomic E-state index is 13.0. The molecule has 0 spiro atoms. The fourth-order valence-corrected chi connectivity index (χ4v) is 1.14. The summed E-state index contributed by atoms with van der Waals surface area (Å²) in [5.74, 6) is -6.52. The van der Waals surface area contributed by atoms with Crippen LogP contribution in [0.15, 0.2) is 6.07 Å². The lowest BCUT2D eigenvalue weighted by molar-refractivity contribution is -0.136. The Labute approximate surface area is 83.1 Å². The maximum absolute atomic E-state index is 13.0. The second-order valence-electron chi connectivity index (χ2n) is 2.75. The largest absolute Gasteiger partial charge is 0.493 e. The van der Waals surface area contributed by atoms with Gasteiger partial charge in [-0.3, -0.25) is 4.79 Å². The summed E-state index contributed by atoms with van der Waals surface area (Å²) in [6.45, 7) is 0. The number of aliphatic carboxylic acids is 1. The van der Waals surface area contributed by atoms with Gasteiger partial charge in [0.2, 0.25) is 5.82 Å². The van der Waals surface area contributed by atoms with Gasteiger partial charge in [-0.25, -0.2) is 8.78 Å². The van der Waals surface area contributed by atoms with E-state index in [1.54, 1.807) is 0 Å². The van der Waals surface area contributed by atoms with Crippen LogP contribution in [0.1, 0.15) is 5.56 Å². The molecule has 3 nitrogen and oxygen atoms in total. The standard InChI is InChI=1S/C9H7F3O3/c1-15-9-4(3-6(13)14)2-5(10)7(11)8(9)12/h2H,3H2,1H3,(H,13,14). The van der Waals surface area contributed by atoms with E-state index in [0.29, 0.717) is 6.07 Å². The van der Waals surface area contributed by atoms with E-state index >= 15 is 0 Å². The number of hydrogen-bond acceptors (Lipinski definition) is 2. The molecule has 15 heavy (non-hydrogen) atoms. The molecule has 0 bridgehead atoms. The fourth-order valence-electron chi connectivity index (χ4n) is 1.14. The third kappa shape index (κ3) is 2.20. The minimum atomic E-state index is -1.68. The minimum absolute atomic E-state index is 0.249. The van der Waals surface area contributed by atoms with Crippen molar-refractivity contribution in [2.75, 3.05) is 7.11 Å². The molecule has 82 valence electrons. The first-order valence-electron chi connectivity index (χ1n) is 3.89. The molecule has 0 aliphatic heterocycles. The van der Waals surface area contributed by atoms with Crippen molar-refractivity contribution in [1.29, 1.82) is 0 Å². The Morgan fingerprint density at radius 3 is 2.47 bits per heavy atom. The van der Waals surface area contributed by atoms with E-state index in [1.807, 2.05) is 0 Å². The summed E-state index contributed by atoms with van der Waals surface area (Å²) in [7, 11) is 1.04. The number of halogens is 3. The zero-order valence-corrected chi connectivity index (χ0v) is 7.68. The van der Waals surface area contributed by atoms with Crippen LogP contribution in [0.25, 0.3) is 0 Å². The van der Waals surface area contributed by atoms with Crippen molar-refractivity contribution < 1.29 is 27.8 Å². The summed E-state index contributed by atoms with van der Waals surface area (Å²) in [5.41, 5.74) is -0.249. The minimum Gasteiger partial charge on any atom is -0.493 e. The van der Waals surface area contributed by atoms with Crippen LogP contribution >= 0.6 is 0 Å². The number of hydrogen-bond donors (Lipinski definition) is 1. The highest BCUT2D eigenvalue weighted by molar-refractivity contribution is 5.71. The maximum Gasteiger partial charge on any atom is 0.307 e. The number of methoxy groups -OCH3 is 1. The molecule has 0 heterocycles. The molecular weight excluding hydrogens is 213 g/mol. The van der Waals surface area contributed by atoms with E-state index in [0.717, 1.165) is 7.11 Å². The molecule has 0 unspecified atom stereocenters. The van der Waals surface area contributed by atoms with Crippen molar-refractivity contribution >= 4 is 5.97 Å². The Balaban J connectivity index is 3.31. The molecule has 0 aliphatic rings. The van der Waals surface area contributed by atoms with Crippen LogP contribution in [0.3, 0.4) is 0 Å². The second-order valence-corrected chi connectivity index (χ2v) is 2.75. The monoisotopic (exact) mass is 220 g/mol. The van der Waals surface area contributed by atoms with Crippen molar-refractivity contribution in [3.63, 3.8) is 0 Å². The molecule has 0 saturated carbocycles. The highest BCUT2D eigenvalue weighted by Gasteiger charge is 2.20. The molecule has 1 N–H and O–H groups in total. The van der Waals surface area contributed by atoms with Crippen LogP contribution in [0, 0.1) is 17.5 Å². The highest BCUT2D eigenvalue weighted by atomic mass is 19.2. The van der Waals surface area contributed by atoms with Gasteiger partial charge in [-0.2, -0.15) is 4.39 Å². The van der Waals surface area contributed by atoms with Crippen LogP contribution in [0.5, 0.6) is 5.75 Å².